The number of ether oxygens (including phenoxy) is 2. The molecule has 0 spiro atoms. The van der Waals surface area contributed by atoms with E-state index in [0.717, 1.165) is 55.7 Å². The molecule has 1 atom stereocenters. The Balaban J connectivity index is 1.58. The van der Waals surface area contributed by atoms with Gasteiger partial charge in [-0.25, -0.2) is 0 Å². The normalized spacial score (nSPS) is 15.8. The average Bonchev–Trinajstić information content (AvgIpc) is 3.17. The van der Waals surface area contributed by atoms with Crippen LogP contribution < -0.4 is 15.6 Å². The van der Waals surface area contributed by atoms with Crippen LogP contribution in [0.15, 0.2) is 35.1 Å². The number of aromatic amines is 1. The molecule has 0 saturated carbocycles. The number of aryl methyl sites for hydroxylation is 1. The van der Waals surface area contributed by atoms with Crippen LogP contribution in [0.3, 0.4) is 0 Å². The van der Waals surface area contributed by atoms with Gasteiger partial charge in [0, 0.05) is 42.0 Å². The van der Waals surface area contributed by atoms with E-state index in [1.165, 1.54) is 7.11 Å². The second-order valence-corrected chi connectivity index (χ2v) is 9.77. The molecule has 36 heavy (non-hydrogen) atoms. The molecule has 3 heterocycles. The van der Waals surface area contributed by atoms with Crippen LogP contribution in [0.2, 0.25) is 0 Å². The third-order valence-corrected chi connectivity index (χ3v) is 7.59. The highest BCUT2D eigenvalue weighted by Crippen LogP contribution is 2.35. The molecule has 1 saturated heterocycles. The van der Waals surface area contributed by atoms with Crippen LogP contribution >= 0.6 is 0 Å². The number of piperidine rings is 1. The van der Waals surface area contributed by atoms with Gasteiger partial charge in [0.1, 0.15) is 5.75 Å². The van der Waals surface area contributed by atoms with Crippen molar-refractivity contribution in [1.29, 1.82) is 0 Å². The van der Waals surface area contributed by atoms with Crippen molar-refractivity contribution in [2.45, 2.75) is 46.2 Å². The van der Waals surface area contributed by atoms with E-state index in [-0.39, 0.29) is 24.1 Å². The first-order valence-electron chi connectivity index (χ1n) is 12.7. The van der Waals surface area contributed by atoms with Gasteiger partial charge in [-0.3, -0.25) is 9.59 Å². The molecule has 4 rings (SSSR count). The zero-order chi connectivity index (χ0) is 25.8. The van der Waals surface area contributed by atoms with E-state index >= 15 is 0 Å². The summed E-state index contributed by atoms with van der Waals surface area (Å²) in [6.45, 7) is 10.1. The van der Waals surface area contributed by atoms with Gasteiger partial charge in [-0.2, -0.15) is 0 Å². The Kier molecular flexibility index (Phi) is 8.16. The van der Waals surface area contributed by atoms with Gasteiger partial charge in [0.15, 0.2) is 0 Å². The van der Waals surface area contributed by atoms with Gasteiger partial charge >= 0.3 is 0 Å². The average molecular weight is 495 g/mol. The number of rotatable bonds is 9. The Hall–Kier alpha value is -3.10. The molecule has 8 heteroatoms. The molecule has 0 radical (unpaired) electrons. The van der Waals surface area contributed by atoms with E-state index in [0.29, 0.717) is 28.5 Å². The van der Waals surface area contributed by atoms with E-state index in [2.05, 4.69) is 32.8 Å². The van der Waals surface area contributed by atoms with Crippen molar-refractivity contribution in [3.05, 3.63) is 63.2 Å². The van der Waals surface area contributed by atoms with Crippen LogP contribution in [0.4, 0.5) is 0 Å². The fraction of sp³-hybridized carbons (Fsp3) is 0.500. The van der Waals surface area contributed by atoms with Gasteiger partial charge in [0.05, 0.1) is 31.4 Å². The first kappa shape index (κ1) is 26.0. The minimum absolute atomic E-state index is 0.0893. The molecule has 1 amide bonds. The van der Waals surface area contributed by atoms with Crippen LogP contribution in [0.1, 0.15) is 53.1 Å². The topological polar surface area (TPSA) is 88.6 Å². The summed E-state index contributed by atoms with van der Waals surface area (Å²) < 4.78 is 13.0. The summed E-state index contributed by atoms with van der Waals surface area (Å²) in [5.74, 6) is 0.816. The summed E-state index contributed by atoms with van der Waals surface area (Å²) in [6.07, 6.45) is 2.24. The Labute approximate surface area is 212 Å². The number of carbonyl (C=O) groups excluding carboxylic acids is 1. The lowest BCUT2D eigenvalue weighted by Gasteiger charge is -2.36. The van der Waals surface area contributed by atoms with Crippen LogP contribution in [0.5, 0.6) is 5.75 Å². The molecule has 2 aromatic heterocycles. The Morgan fingerprint density at radius 1 is 1.19 bits per heavy atom. The number of H-pyrrole nitrogens is 1. The predicted octanol–water partition coefficient (Wildman–Crippen LogP) is 3.80. The Morgan fingerprint density at radius 2 is 1.92 bits per heavy atom. The predicted molar refractivity (Wildman–Crippen MR) is 142 cm³/mol. The minimum atomic E-state index is -0.253. The quantitative estimate of drug-likeness (QED) is 0.472. The van der Waals surface area contributed by atoms with E-state index in [1.807, 2.05) is 25.1 Å². The van der Waals surface area contributed by atoms with Gasteiger partial charge in [0.25, 0.3) is 11.5 Å². The largest absolute Gasteiger partial charge is 0.496 e. The number of benzene rings is 1. The van der Waals surface area contributed by atoms with Gasteiger partial charge < -0.3 is 29.2 Å². The van der Waals surface area contributed by atoms with Crippen LogP contribution in [0, 0.1) is 19.8 Å². The molecule has 194 valence electrons. The highest BCUT2D eigenvalue weighted by atomic mass is 16.5. The molecule has 2 N–H and O–H groups in total. The van der Waals surface area contributed by atoms with Gasteiger partial charge in [-0.05, 0) is 64.8 Å². The number of methoxy groups -OCH3 is 2. The zero-order valence-corrected chi connectivity index (χ0v) is 22.0. The summed E-state index contributed by atoms with van der Waals surface area (Å²) in [6, 6.07) is 10.1. The number of nitrogens with zero attached hydrogens (tertiary/aromatic N) is 2. The fourth-order valence-corrected chi connectivity index (χ4v) is 5.59. The number of amides is 1. The number of likely N-dealkylation sites (tertiary alicyclic amines) is 1. The van der Waals surface area contributed by atoms with Crippen molar-refractivity contribution in [1.82, 2.24) is 19.8 Å². The lowest BCUT2D eigenvalue weighted by Crippen LogP contribution is -2.38. The van der Waals surface area contributed by atoms with E-state index in [9.17, 15) is 9.59 Å². The van der Waals surface area contributed by atoms with Crippen molar-refractivity contribution in [2.24, 2.45) is 5.92 Å². The molecule has 0 bridgehead atoms. The molecule has 1 aromatic carbocycles. The first-order valence-corrected chi connectivity index (χ1v) is 12.7. The number of hydrogen-bond acceptors (Lipinski definition) is 5. The maximum absolute atomic E-state index is 13.5. The summed E-state index contributed by atoms with van der Waals surface area (Å²) in [7, 11) is 3.28. The second kappa shape index (κ2) is 11.3. The Bertz CT molecular complexity index is 1270. The molecule has 1 aliphatic heterocycles. The number of fused-ring (bicyclic) bond motifs is 1. The Morgan fingerprint density at radius 3 is 2.61 bits per heavy atom. The van der Waals surface area contributed by atoms with Gasteiger partial charge in [-0.1, -0.05) is 18.2 Å². The molecule has 1 unspecified atom stereocenters. The smallest absolute Gasteiger partial charge is 0.256 e. The van der Waals surface area contributed by atoms with Crippen molar-refractivity contribution in [3.8, 4) is 5.75 Å². The van der Waals surface area contributed by atoms with Crippen LogP contribution in [-0.2, 0) is 11.3 Å². The summed E-state index contributed by atoms with van der Waals surface area (Å²) in [4.78, 5) is 31.2. The summed E-state index contributed by atoms with van der Waals surface area (Å²) >= 11 is 0. The minimum Gasteiger partial charge on any atom is -0.496 e. The summed E-state index contributed by atoms with van der Waals surface area (Å²) in [5.41, 5.74) is 3.55. The maximum Gasteiger partial charge on any atom is 0.256 e. The van der Waals surface area contributed by atoms with Crippen LogP contribution in [-0.4, -0.2) is 60.8 Å². The highest BCUT2D eigenvalue weighted by Gasteiger charge is 2.29. The molecule has 8 nitrogen and oxygen atoms in total. The number of pyridine rings is 1. The van der Waals surface area contributed by atoms with Gasteiger partial charge in [0.2, 0.25) is 0 Å². The van der Waals surface area contributed by atoms with Crippen molar-refractivity contribution < 1.29 is 14.3 Å². The molecule has 1 fully saturated rings. The maximum atomic E-state index is 13.5. The van der Waals surface area contributed by atoms with Gasteiger partial charge in [-0.15, -0.1) is 0 Å². The zero-order valence-electron chi connectivity index (χ0n) is 22.0. The number of hydrogen-bond donors (Lipinski definition) is 2. The number of carbonyl (C=O) groups is 1. The number of para-hydroxylation sites is 1. The lowest BCUT2D eigenvalue weighted by molar-refractivity contribution is 0.0950. The monoisotopic (exact) mass is 494 g/mol. The molecule has 3 aromatic rings. The molecule has 1 aliphatic rings. The third-order valence-electron chi connectivity index (χ3n) is 7.59. The van der Waals surface area contributed by atoms with Crippen molar-refractivity contribution in [2.75, 3.05) is 40.5 Å². The highest BCUT2D eigenvalue weighted by molar-refractivity contribution is 6.08. The van der Waals surface area contributed by atoms with E-state index < -0.39 is 0 Å². The second-order valence-electron chi connectivity index (χ2n) is 9.77. The molecular weight excluding hydrogens is 456 g/mol. The van der Waals surface area contributed by atoms with Crippen LogP contribution in [0.25, 0.3) is 10.9 Å². The SMILES string of the molecule is COCCN1CCC(C(C)n2c(C)c(C(=O)NCc3c(OC)cc(C)[nH]c3=O)c3ccccc32)CC1. The van der Waals surface area contributed by atoms with E-state index in [4.69, 9.17) is 9.47 Å². The summed E-state index contributed by atoms with van der Waals surface area (Å²) in [5, 5.41) is 3.90. The number of aromatic nitrogens is 2. The van der Waals surface area contributed by atoms with E-state index in [1.54, 1.807) is 20.1 Å². The number of nitrogens with one attached hydrogen (secondary N) is 2. The van der Waals surface area contributed by atoms with Crippen molar-refractivity contribution >= 4 is 16.8 Å². The molecule has 0 aliphatic carbocycles. The fourth-order valence-electron chi connectivity index (χ4n) is 5.59. The lowest BCUT2D eigenvalue weighted by atomic mass is 9.90. The van der Waals surface area contributed by atoms with Crippen molar-refractivity contribution in [3.63, 3.8) is 0 Å². The molecular formula is C28H38N4O4. The first-order chi connectivity index (χ1) is 17.3. The third kappa shape index (κ3) is 5.20. The standard InChI is InChI=1S/C28H38N4O4/c1-18-16-25(36-5)23(27(33)30-18)17-29-28(34)26-20(3)32(24-9-7-6-8-22(24)26)19(2)21-10-12-31(13-11-21)14-15-35-4/h6-9,16,19,21H,10-15,17H2,1-5H3,(H,29,34)(H,30,33).